The SMILES string of the molecule is O=C(C1=CC[C@@H](c2ccccc2)[C@@]2(S1)C(=O)Nc1cc(Br)ccc12)c1ccccc1. The van der Waals surface area contributed by atoms with Crippen LogP contribution in [0.2, 0.25) is 0 Å². The highest BCUT2D eigenvalue weighted by molar-refractivity contribution is 9.10. The van der Waals surface area contributed by atoms with Crippen LogP contribution in [0.15, 0.2) is 94.3 Å². The van der Waals surface area contributed by atoms with Crippen molar-refractivity contribution in [2.45, 2.75) is 17.1 Å². The molecule has 2 atom stereocenters. The number of thioether (sulfide) groups is 1. The lowest BCUT2D eigenvalue weighted by Crippen LogP contribution is -2.39. The van der Waals surface area contributed by atoms with E-state index in [2.05, 4.69) is 33.4 Å². The topological polar surface area (TPSA) is 46.2 Å². The molecule has 2 aliphatic heterocycles. The molecule has 3 aromatic carbocycles. The van der Waals surface area contributed by atoms with Gasteiger partial charge in [0.25, 0.3) is 0 Å². The molecule has 0 aliphatic carbocycles. The third-order valence-corrected chi connectivity index (χ3v) is 7.81. The maximum Gasteiger partial charge on any atom is 0.246 e. The van der Waals surface area contributed by atoms with Gasteiger partial charge in [0.15, 0.2) is 5.78 Å². The Labute approximate surface area is 187 Å². The van der Waals surface area contributed by atoms with Gasteiger partial charge in [0, 0.05) is 27.2 Å². The summed E-state index contributed by atoms with van der Waals surface area (Å²) < 4.78 is 0.0260. The minimum Gasteiger partial charge on any atom is -0.324 e. The van der Waals surface area contributed by atoms with Crippen LogP contribution in [0, 0.1) is 0 Å². The molecular weight excluding hydrogens is 458 g/mol. The summed E-state index contributed by atoms with van der Waals surface area (Å²) >= 11 is 4.89. The molecule has 0 fully saturated rings. The lowest BCUT2D eigenvalue weighted by molar-refractivity contribution is -0.118. The van der Waals surface area contributed by atoms with Crippen molar-refractivity contribution in [1.29, 1.82) is 0 Å². The van der Waals surface area contributed by atoms with Crippen LogP contribution in [0.1, 0.15) is 33.8 Å². The number of halogens is 1. The van der Waals surface area contributed by atoms with Gasteiger partial charge < -0.3 is 5.32 Å². The first-order valence-corrected chi connectivity index (χ1v) is 11.4. The third kappa shape index (κ3) is 3.04. The Hall–Kier alpha value is -2.63. The van der Waals surface area contributed by atoms with Crippen LogP contribution in [0.25, 0.3) is 0 Å². The summed E-state index contributed by atoms with van der Waals surface area (Å²) in [4.78, 5) is 27.4. The summed E-state index contributed by atoms with van der Waals surface area (Å²) in [5.74, 6) is -0.177. The van der Waals surface area contributed by atoms with Crippen LogP contribution < -0.4 is 5.32 Å². The van der Waals surface area contributed by atoms with Crippen molar-refractivity contribution in [3.8, 4) is 0 Å². The van der Waals surface area contributed by atoms with Gasteiger partial charge in [-0.25, -0.2) is 0 Å². The van der Waals surface area contributed by atoms with Gasteiger partial charge in [0.1, 0.15) is 4.75 Å². The molecular formula is C25H18BrNO2S. The number of rotatable bonds is 3. The number of Topliss-reactive ketones (excluding diaryl/α,β-unsaturated/α-hetero) is 1. The zero-order valence-corrected chi connectivity index (χ0v) is 18.4. The first-order chi connectivity index (χ1) is 14.6. The quantitative estimate of drug-likeness (QED) is 0.453. The van der Waals surface area contributed by atoms with Crippen molar-refractivity contribution < 1.29 is 9.59 Å². The highest BCUT2D eigenvalue weighted by Gasteiger charge is 2.55. The van der Waals surface area contributed by atoms with Gasteiger partial charge in [0.2, 0.25) is 5.91 Å². The van der Waals surface area contributed by atoms with Crippen molar-refractivity contribution in [3.63, 3.8) is 0 Å². The van der Waals surface area contributed by atoms with Crippen molar-refractivity contribution >= 4 is 45.1 Å². The first kappa shape index (κ1) is 19.3. The van der Waals surface area contributed by atoms with Crippen molar-refractivity contribution in [3.05, 3.63) is 111 Å². The van der Waals surface area contributed by atoms with E-state index in [4.69, 9.17) is 0 Å². The molecule has 3 nitrogen and oxygen atoms in total. The molecule has 0 saturated carbocycles. The Morgan fingerprint density at radius 3 is 2.43 bits per heavy atom. The van der Waals surface area contributed by atoms with Crippen LogP contribution in [-0.2, 0) is 9.54 Å². The summed E-state index contributed by atoms with van der Waals surface area (Å²) in [6, 6.07) is 25.2. The molecule has 5 rings (SSSR count). The number of carbonyl (C=O) groups excluding carboxylic acids is 2. The van der Waals surface area contributed by atoms with Gasteiger partial charge >= 0.3 is 0 Å². The Balaban J connectivity index is 1.66. The average Bonchev–Trinajstić information content (AvgIpc) is 3.04. The van der Waals surface area contributed by atoms with Crippen LogP contribution in [0.5, 0.6) is 0 Å². The number of fused-ring (bicyclic) bond motifs is 2. The van der Waals surface area contributed by atoms with E-state index in [0.29, 0.717) is 16.9 Å². The van der Waals surface area contributed by atoms with E-state index in [9.17, 15) is 9.59 Å². The number of carbonyl (C=O) groups is 2. The number of anilines is 1. The number of allylic oxidation sites excluding steroid dienone is 2. The summed E-state index contributed by atoms with van der Waals surface area (Å²) in [6.45, 7) is 0. The Morgan fingerprint density at radius 1 is 1.00 bits per heavy atom. The fourth-order valence-electron chi connectivity index (χ4n) is 4.33. The Morgan fingerprint density at radius 2 is 1.70 bits per heavy atom. The minimum absolute atomic E-state index is 0.0372. The molecule has 0 bridgehead atoms. The lowest BCUT2D eigenvalue weighted by atomic mass is 9.78. The van der Waals surface area contributed by atoms with Gasteiger partial charge in [-0.1, -0.05) is 100 Å². The predicted octanol–water partition coefficient (Wildman–Crippen LogP) is 6.28. The normalized spacial score (nSPS) is 22.4. The molecule has 1 N–H and O–H groups in total. The lowest BCUT2D eigenvalue weighted by Gasteiger charge is -2.39. The fraction of sp³-hybridized carbons (Fsp3) is 0.120. The Bertz CT molecular complexity index is 1180. The van der Waals surface area contributed by atoms with E-state index in [1.165, 1.54) is 11.8 Å². The smallest absolute Gasteiger partial charge is 0.246 e. The molecule has 5 heteroatoms. The molecule has 148 valence electrons. The Kier molecular flexibility index (Phi) is 4.88. The zero-order valence-electron chi connectivity index (χ0n) is 16.0. The van der Waals surface area contributed by atoms with Gasteiger partial charge in [-0.15, -0.1) is 0 Å². The highest BCUT2D eigenvalue weighted by Crippen LogP contribution is 2.60. The predicted molar refractivity (Wildman–Crippen MR) is 125 cm³/mol. The molecule has 30 heavy (non-hydrogen) atoms. The van der Waals surface area contributed by atoms with Crippen molar-refractivity contribution in [2.75, 3.05) is 5.32 Å². The highest BCUT2D eigenvalue weighted by atomic mass is 79.9. The minimum atomic E-state index is -0.883. The maximum atomic E-state index is 13.5. The average molecular weight is 476 g/mol. The van der Waals surface area contributed by atoms with Gasteiger partial charge in [-0.2, -0.15) is 0 Å². The standard InChI is InChI=1S/C25H18BrNO2S/c26-18-11-12-20-21(15-18)27-24(29)25(20)19(16-7-3-1-4-8-16)13-14-22(30-25)23(28)17-9-5-2-6-10-17/h1-12,14-15,19H,13H2,(H,27,29)/t19-,25-/m0/s1. The van der Waals surface area contributed by atoms with Crippen LogP contribution >= 0.6 is 27.7 Å². The summed E-state index contributed by atoms with van der Waals surface area (Å²) in [6.07, 6.45) is 2.61. The second-order valence-corrected chi connectivity index (χ2v) is 9.65. The number of benzene rings is 3. The number of amides is 1. The third-order valence-electron chi connectivity index (χ3n) is 5.73. The largest absolute Gasteiger partial charge is 0.324 e. The van der Waals surface area contributed by atoms with Crippen LogP contribution in [0.4, 0.5) is 5.69 Å². The number of hydrogen-bond donors (Lipinski definition) is 1. The molecule has 1 spiro atoms. The number of ketones is 1. The summed E-state index contributed by atoms with van der Waals surface area (Å²) in [5, 5.41) is 3.07. The molecule has 2 aliphatic rings. The van der Waals surface area contributed by atoms with E-state index < -0.39 is 4.75 Å². The number of nitrogens with one attached hydrogen (secondary N) is 1. The van der Waals surface area contributed by atoms with Gasteiger partial charge in [-0.3, -0.25) is 9.59 Å². The second kappa shape index (κ2) is 7.56. The van der Waals surface area contributed by atoms with Crippen LogP contribution in [0.3, 0.4) is 0 Å². The van der Waals surface area contributed by atoms with E-state index in [0.717, 1.165) is 21.3 Å². The molecule has 3 aromatic rings. The van der Waals surface area contributed by atoms with E-state index in [1.54, 1.807) is 0 Å². The van der Waals surface area contributed by atoms with Gasteiger partial charge in [0.05, 0.1) is 4.91 Å². The van der Waals surface area contributed by atoms with Crippen molar-refractivity contribution in [2.24, 2.45) is 0 Å². The maximum absolute atomic E-state index is 13.5. The fourth-order valence-corrected chi connectivity index (χ4v) is 6.24. The molecule has 0 unspecified atom stereocenters. The summed E-state index contributed by atoms with van der Waals surface area (Å²) in [7, 11) is 0. The molecule has 0 radical (unpaired) electrons. The van der Waals surface area contributed by atoms with Crippen molar-refractivity contribution in [1.82, 2.24) is 0 Å². The summed E-state index contributed by atoms with van der Waals surface area (Å²) in [5.41, 5.74) is 3.47. The van der Waals surface area contributed by atoms with Crippen LogP contribution in [-0.4, -0.2) is 11.7 Å². The van der Waals surface area contributed by atoms with E-state index in [-0.39, 0.29) is 17.6 Å². The monoisotopic (exact) mass is 475 g/mol. The van der Waals surface area contributed by atoms with Gasteiger partial charge in [-0.05, 0) is 24.1 Å². The van der Waals surface area contributed by atoms with E-state index >= 15 is 0 Å². The zero-order chi connectivity index (χ0) is 20.7. The number of hydrogen-bond acceptors (Lipinski definition) is 3. The van der Waals surface area contributed by atoms with E-state index in [1.807, 2.05) is 72.8 Å². The first-order valence-electron chi connectivity index (χ1n) is 9.75. The molecule has 1 amide bonds. The molecule has 2 heterocycles. The second-order valence-electron chi connectivity index (χ2n) is 7.44. The molecule has 0 aromatic heterocycles. The molecule has 0 saturated heterocycles.